The quantitative estimate of drug-likeness (QED) is 0.453. The van der Waals surface area contributed by atoms with Crippen LogP contribution in [0.4, 0.5) is 5.69 Å². The van der Waals surface area contributed by atoms with E-state index in [1.165, 1.54) is 11.1 Å². The second kappa shape index (κ2) is 11.8. The van der Waals surface area contributed by atoms with Crippen molar-refractivity contribution < 1.29 is 9.90 Å². The average Bonchev–Trinajstić information content (AvgIpc) is 3.00. The van der Waals surface area contributed by atoms with E-state index in [2.05, 4.69) is 16.7 Å². The Morgan fingerprint density at radius 2 is 1.69 bits per heavy atom. The first-order chi connectivity index (χ1) is 15.2. The van der Waals surface area contributed by atoms with Crippen molar-refractivity contribution in [3.63, 3.8) is 0 Å². The van der Waals surface area contributed by atoms with E-state index in [0.29, 0.717) is 24.6 Å². The Kier molecular flexibility index (Phi) is 8.86. The largest absolute Gasteiger partial charge is 0.391 e. The molecule has 0 bridgehead atoms. The smallest absolute Gasteiger partial charge is 0.255 e. The summed E-state index contributed by atoms with van der Waals surface area (Å²) in [5, 5.41) is 17.0. The van der Waals surface area contributed by atoms with Gasteiger partial charge in [0.15, 0.2) is 0 Å². The maximum Gasteiger partial charge on any atom is 0.255 e. The van der Waals surface area contributed by atoms with E-state index >= 15 is 0 Å². The van der Waals surface area contributed by atoms with Gasteiger partial charge in [0, 0.05) is 23.8 Å². The predicted octanol–water partition coefficient (Wildman–Crippen LogP) is 4.80. The maximum absolute atomic E-state index is 12.7. The highest BCUT2D eigenvalue weighted by Gasteiger charge is 2.19. The van der Waals surface area contributed by atoms with Gasteiger partial charge < -0.3 is 15.7 Å². The number of anilines is 1. The summed E-state index contributed by atoms with van der Waals surface area (Å²) in [6.45, 7) is 0.572. The second-order valence-corrected chi connectivity index (χ2v) is 8.35. The van der Waals surface area contributed by atoms with E-state index in [-0.39, 0.29) is 18.3 Å². The number of hydrogen-bond donors (Lipinski definition) is 3. The van der Waals surface area contributed by atoms with E-state index in [9.17, 15) is 9.90 Å². The van der Waals surface area contributed by atoms with Gasteiger partial charge in [0.2, 0.25) is 0 Å². The van der Waals surface area contributed by atoms with Gasteiger partial charge in [-0.1, -0.05) is 54.6 Å². The highest BCUT2D eigenvalue weighted by Crippen LogP contribution is 2.23. The Morgan fingerprint density at radius 3 is 2.44 bits per heavy atom. The molecule has 4 rings (SSSR count). The standard InChI is InChI=1S/C27H30N2O2.ClH/c30-26(16-20-8-3-1-4-9-20)19-28-25-13-7-10-21-14-15-22(17-23(21)18-25)27(31)29-24-11-5-2-6-12-24;/h1-6,8-9,11-12,14-15,17,25-26,28,30H,7,10,13,16,18-19H2,(H,29,31);1H/t25?,26-;/m0./s1. The molecule has 3 aromatic rings. The number of carbonyl (C=O) groups excluding carboxylic acids is 1. The fourth-order valence-corrected chi connectivity index (χ4v) is 4.27. The average molecular weight is 451 g/mol. The van der Waals surface area contributed by atoms with Gasteiger partial charge in [-0.25, -0.2) is 0 Å². The molecule has 0 spiro atoms. The Labute approximate surface area is 196 Å². The summed E-state index contributed by atoms with van der Waals surface area (Å²) in [6, 6.07) is 26.0. The van der Waals surface area contributed by atoms with Gasteiger partial charge in [0.1, 0.15) is 0 Å². The van der Waals surface area contributed by atoms with Crippen molar-refractivity contribution in [2.24, 2.45) is 0 Å². The first-order valence-electron chi connectivity index (χ1n) is 11.1. The van der Waals surface area contributed by atoms with Crippen LogP contribution in [0, 0.1) is 0 Å². The summed E-state index contributed by atoms with van der Waals surface area (Å²) in [5.41, 5.74) is 5.19. The van der Waals surface area contributed by atoms with E-state index in [1.807, 2.05) is 72.8 Å². The number of aliphatic hydroxyl groups is 1. The zero-order valence-electron chi connectivity index (χ0n) is 18.2. The fourth-order valence-electron chi connectivity index (χ4n) is 4.27. The normalized spacial score (nSPS) is 16.2. The third-order valence-electron chi connectivity index (χ3n) is 5.92. The maximum atomic E-state index is 12.7. The number of para-hydroxylation sites is 1. The van der Waals surface area contributed by atoms with Crippen molar-refractivity contribution in [3.05, 3.63) is 101 Å². The van der Waals surface area contributed by atoms with Gasteiger partial charge in [-0.05, 0) is 73.1 Å². The van der Waals surface area contributed by atoms with Gasteiger partial charge in [-0.3, -0.25) is 4.79 Å². The SMILES string of the molecule is Cl.O=C(Nc1ccccc1)c1ccc2c(c1)CC(NC[C@@H](O)Cc1ccccc1)CCC2. The van der Waals surface area contributed by atoms with Crippen molar-refractivity contribution in [3.8, 4) is 0 Å². The van der Waals surface area contributed by atoms with Gasteiger partial charge in [-0.15, -0.1) is 12.4 Å². The van der Waals surface area contributed by atoms with Crippen LogP contribution in [0.15, 0.2) is 78.9 Å². The number of aliphatic hydroxyl groups excluding tert-OH is 1. The number of hydrogen-bond acceptors (Lipinski definition) is 3. The van der Waals surface area contributed by atoms with Crippen LogP contribution in [0.25, 0.3) is 0 Å². The first-order valence-corrected chi connectivity index (χ1v) is 11.1. The molecular weight excluding hydrogens is 420 g/mol. The molecule has 3 aromatic carbocycles. The Morgan fingerprint density at radius 1 is 0.969 bits per heavy atom. The van der Waals surface area contributed by atoms with Crippen molar-refractivity contribution in [1.82, 2.24) is 5.32 Å². The zero-order chi connectivity index (χ0) is 21.5. The topological polar surface area (TPSA) is 61.4 Å². The number of fused-ring (bicyclic) bond motifs is 1. The third-order valence-corrected chi connectivity index (χ3v) is 5.92. The molecule has 168 valence electrons. The van der Waals surface area contributed by atoms with Crippen LogP contribution in [-0.2, 0) is 19.3 Å². The Balaban J connectivity index is 0.00000289. The zero-order valence-corrected chi connectivity index (χ0v) is 19.0. The van der Waals surface area contributed by atoms with Crippen molar-refractivity contribution in [2.45, 2.75) is 44.2 Å². The lowest BCUT2D eigenvalue weighted by Gasteiger charge is -2.20. The lowest BCUT2D eigenvalue weighted by molar-refractivity contribution is 0.102. The number of benzene rings is 3. The molecule has 5 heteroatoms. The minimum atomic E-state index is -0.409. The molecule has 32 heavy (non-hydrogen) atoms. The highest BCUT2D eigenvalue weighted by atomic mass is 35.5. The lowest BCUT2D eigenvalue weighted by atomic mass is 9.98. The molecule has 1 amide bonds. The lowest BCUT2D eigenvalue weighted by Crippen LogP contribution is -2.37. The predicted molar refractivity (Wildman–Crippen MR) is 133 cm³/mol. The van der Waals surface area contributed by atoms with Gasteiger partial charge in [-0.2, -0.15) is 0 Å². The summed E-state index contributed by atoms with van der Waals surface area (Å²) in [4.78, 5) is 12.7. The molecule has 0 heterocycles. The van der Waals surface area contributed by atoms with Crippen molar-refractivity contribution in [2.75, 3.05) is 11.9 Å². The van der Waals surface area contributed by atoms with Crippen LogP contribution in [0.1, 0.15) is 39.9 Å². The van der Waals surface area contributed by atoms with Gasteiger partial charge in [0.05, 0.1) is 6.10 Å². The minimum Gasteiger partial charge on any atom is -0.391 e. The molecule has 0 radical (unpaired) electrons. The number of amides is 1. The van der Waals surface area contributed by atoms with Gasteiger partial charge >= 0.3 is 0 Å². The van der Waals surface area contributed by atoms with Gasteiger partial charge in [0.25, 0.3) is 5.91 Å². The van der Waals surface area contributed by atoms with Crippen LogP contribution in [0.3, 0.4) is 0 Å². The molecule has 1 aliphatic carbocycles. The molecule has 3 N–H and O–H groups in total. The molecule has 0 saturated carbocycles. The van der Waals surface area contributed by atoms with Crippen molar-refractivity contribution >= 4 is 24.0 Å². The first kappa shape index (κ1) is 24.0. The molecule has 0 saturated heterocycles. The monoisotopic (exact) mass is 450 g/mol. The summed E-state index contributed by atoms with van der Waals surface area (Å²) in [7, 11) is 0. The highest BCUT2D eigenvalue weighted by molar-refractivity contribution is 6.04. The van der Waals surface area contributed by atoms with E-state index < -0.39 is 6.10 Å². The number of aryl methyl sites for hydroxylation is 1. The van der Waals surface area contributed by atoms with Crippen LogP contribution in [0.2, 0.25) is 0 Å². The number of nitrogens with one attached hydrogen (secondary N) is 2. The van der Waals surface area contributed by atoms with Crippen molar-refractivity contribution in [1.29, 1.82) is 0 Å². The molecule has 1 aliphatic rings. The summed E-state index contributed by atoms with van der Waals surface area (Å²) >= 11 is 0. The van der Waals surface area contributed by atoms with Crippen LogP contribution >= 0.6 is 12.4 Å². The third kappa shape index (κ3) is 6.67. The molecular formula is C27H31ClN2O2. The van der Waals surface area contributed by atoms with Crippen LogP contribution < -0.4 is 10.6 Å². The number of carbonyl (C=O) groups is 1. The fraction of sp³-hybridized carbons (Fsp3) is 0.296. The molecule has 2 atom stereocenters. The Bertz CT molecular complexity index is 995. The summed E-state index contributed by atoms with van der Waals surface area (Å²) in [6.07, 6.45) is 4.32. The molecule has 0 fully saturated rings. The van der Waals surface area contributed by atoms with E-state index in [0.717, 1.165) is 36.9 Å². The molecule has 4 nitrogen and oxygen atoms in total. The minimum absolute atomic E-state index is 0. The summed E-state index contributed by atoms with van der Waals surface area (Å²) in [5.74, 6) is -0.0824. The van der Waals surface area contributed by atoms with Crippen LogP contribution in [0.5, 0.6) is 0 Å². The molecule has 0 aliphatic heterocycles. The van der Waals surface area contributed by atoms with E-state index in [4.69, 9.17) is 0 Å². The molecule has 0 aromatic heterocycles. The molecule has 1 unspecified atom stereocenters. The van der Waals surface area contributed by atoms with Crippen LogP contribution in [-0.4, -0.2) is 29.7 Å². The van der Waals surface area contributed by atoms with E-state index in [1.54, 1.807) is 0 Å². The number of rotatable bonds is 7. The summed E-state index contributed by atoms with van der Waals surface area (Å²) < 4.78 is 0. The number of halogens is 1. The second-order valence-electron chi connectivity index (χ2n) is 8.35. The Hall–Kier alpha value is -2.66.